The average Bonchev–Trinajstić information content (AvgIpc) is 4.29. The van der Waals surface area contributed by atoms with Gasteiger partial charge in [-0.25, -0.2) is 38.2 Å². The van der Waals surface area contributed by atoms with Crippen molar-refractivity contribution in [3.05, 3.63) is 46.0 Å². The van der Waals surface area contributed by atoms with E-state index in [0.29, 0.717) is 0 Å². The number of nitrogens with two attached hydrogens (primary N) is 2. The number of nitrogens with one attached hydrogen (secondary N) is 3. The molecule has 6 aromatic rings. The van der Waals surface area contributed by atoms with Crippen LogP contribution in [0.25, 0.3) is 33.5 Å². The van der Waals surface area contributed by atoms with Crippen molar-refractivity contribution in [2.75, 3.05) is 57.8 Å². The summed E-state index contributed by atoms with van der Waals surface area (Å²) >= 11 is 0. The molecule has 450 valence electrons. The molecule has 0 saturated carbocycles. The fourth-order valence-electron chi connectivity index (χ4n) is 9.52. The van der Waals surface area contributed by atoms with Gasteiger partial charge in [-0.05, 0) is 13.8 Å². The number of amides is 1. The standard InChI is InChI=1S/C39H56N16O23P4/c1-15(2)46-39-48-32-23(34(61)50-39)52(5)14-55(32)35-24(57)16(7-20(56)51(3)4)17(74-35)8-72-80(64,65)77-82(68,69)78-81(66,67)73-10-19-28(27(70-6)37(76-19)53-12-44-21-29(40)42-11-43-30(21)53)79(62,63)71-9-18-25(58)26(59)36(75-18)54-13-45-22-31(54)47-38(41)49-33(22)60/h11-19,24-28,35-37,57-59H,7-10H2,1-6H3,(H10-,40,41,42,43,46,47,48,49,50,60,61,62,63,64,65,66,67,68,69)/t16-,17-,18-,19?,24-,25-,26-,27-,28-,35?,36-,37-/m1/s1. The van der Waals surface area contributed by atoms with Crippen molar-refractivity contribution >= 4 is 88.2 Å². The van der Waals surface area contributed by atoms with Gasteiger partial charge in [0, 0.05) is 39.6 Å². The van der Waals surface area contributed by atoms with Gasteiger partial charge in [0.05, 0.1) is 57.4 Å². The second kappa shape index (κ2) is 23.1. The molecule has 9 rings (SSSR count). The number of carbonyl (C=O) groups is 1. The second-order valence-electron chi connectivity index (χ2n) is 19.4. The van der Waals surface area contributed by atoms with Crippen LogP contribution in [0.4, 0.5) is 17.7 Å². The van der Waals surface area contributed by atoms with Gasteiger partial charge in [0.25, 0.3) is 17.1 Å². The van der Waals surface area contributed by atoms with Crippen LogP contribution >= 0.6 is 31.1 Å². The molecule has 13 N–H and O–H groups in total. The summed E-state index contributed by atoms with van der Waals surface area (Å²) in [5.41, 5.74) is 7.90. The Morgan fingerprint density at radius 2 is 1.44 bits per heavy atom. The quantitative estimate of drug-likeness (QED) is 0.0234. The van der Waals surface area contributed by atoms with Crippen LogP contribution in [0.5, 0.6) is 0 Å². The molecule has 1 amide bonds. The molecule has 9 heterocycles. The fraction of sp³-hybridized carbons (Fsp3) is 0.590. The van der Waals surface area contributed by atoms with Gasteiger partial charge in [-0.1, -0.05) is 4.98 Å². The monoisotopic (exact) mass is 1240 g/mol. The molecular formula is C39H56N16O23P4. The van der Waals surface area contributed by atoms with E-state index in [-0.39, 0.29) is 57.2 Å². The number of rotatable bonds is 22. The summed E-state index contributed by atoms with van der Waals surface area (Å²) in [5, 5.41) is 36.6. The summed E-state index contributed by atoms with van der Waals surface area (Å²) in [4.78, 5) is 115. The molecule has 16 atom stereocenters. The van der Waals surface area contributed by atoms with E-state index in [2.05, 4.69) is 53.8 Å². The maximum Gasteiger partial charge on any atom is 0.490 e. The second-order valence-corrected chi connectivity index (χ2v) is 26.0. The van der Waals surface area contributed by atoms with Crippen LogP contribution in [-0.4, -0.2) is 190 Å². The van der Waals surface area contributed by atoms with Crippen LogP contribution in [0.1, 0.15) is 39.0 Å². The van der Waals surface area contributed by atoms with Crippen LogP contribution in [0, 0.1) is 5.92 Å². The number of aromatic nitrogens is 12. The molecule has 0 aromatic carbocycles. The highest BCUT2D eigenvalue weighted by molar-refractivity contribution is 7.66. The number of ether oxygens (including phenoxy) is 4. The van der Waals surface area contributed by atoms with E-state index in [1.165, 1.54) is 41.5 Å². The summed E-state index contributed by atoms with van der Waals surface area (Å²) < 4.78 is 107. The first-order valence-electron chi connectivity index (χ1n) is 24.2. The lowest BCUT2D eigenvalue weighted by molar-refractivity contribution is -0.745. The summed E-state index contributed by atoms with van der Waals surface area (Å²) in [6.07, 6.45) is -12.5. The first-order chi connectivity index (χ1) is 38.4. The van der Waals surface area contributed by atoms with Crippen molar-refractivity contribution < 1.29 is 104 Å². The van der Waals surface area contributed by atoms with E-state index in [9.17, 15) is 67.5 Å². The predicted octanol–water partition coefficient (Wildman–Crippen LogP) is -3.30. The van der Waals surface area contributed by atoms with Crippen LogP contribution in [-0.2, 0) is 71.2 Å². The molecule has 0 bridgehead atoms. The number of nitrogen functional groups attached to an aromatic ring is 2. The number of aliphatic hydroxyl groups excluding tert-OH is 3. The Morgan fingerprint density at radius 3 is 2.09 bits per heavy atom. The van der Waals surface area contributed by atoms with Gasteiger partial charge >= 0.3 is 29.1 Å². The van der Waals surface area contributed by atoms with Crippen molar-refractivity contribution in [3.63, 3.8) is 0 Å². The molecule has 6 unspecified atom stereocenters. The largest absolute Gasteiger partial charge is 0.778 e. The van der Waals surface area contributed by atoms with E-state index in [4.69, 9.17) is 44.0 Å². The number of anilines is 3. The summed E-state index contributed by atoms with van der Waals surface area (Å²) in [7, 11) is -18.4. The topological polar surface area (TPSA) is 542 Å². The van der Waals surface area contributed by atoms with Gasteiger partial charge in [-0.15, -0.1) is 0 Å². The van der Waals surface area contributed by atoms with Crippen LogP contribution in [0.2, 0.25) is 0 Å². The molecule has 3 aliphatic heterocycles. The van der Waals surface area contributed by atoms with Crippen LogP contribution < -0.4 is 37.4 Å². The fourth-order valence-corrected chi connectivity index (χ4v) is 14.8. The number of hydrogen-bond donors (Lipinski definition) is 11. The highest BCUT2D eigenvalue weighted by Crippen LogP contribution is 2.68. The average molecular weight is 1240 g/mol. The molecule has 3 fully saturated rings. The lowest BCUT2D eigenvalue weighted by Gasteiger charge is -2.35. The molecule has 6 aromatic heterocycles. The van der Waals surface area contributed by atoms with E-state index >= 15 is 0 Å². The van der Waals surface area contributed by atoms with E-state index < -0.39 is 147 Å². The third kappa shape index (κ3) is 12.3. The van der Waals surface area contributed by atoms with Crippen molar-refractivity contribution in [2.24, 2.45) is 13.0 Å². The number of phosphoric ester groups is 2. The smallest absolute Gasteiger partial charge is 0.490 e. The number of nitrogens with zero attached hydrogens (tertiary/aromatic N) is 11. The van der Waals surface area contributed by atoms with Crippen LogP contribution in [0.15, 0.2) is 34.9 Å². The van der Waals surface area contributed by atoms with Gasteiger partial charge in [-0.3, -0.25) is 47.1 Å². The number of aliphatic hydroxyl groups is 3. The number of carbonyl (C=O) groups excluding carboxylic acids is 1. The maximum absolute atomic E-state index is 14.4. The zero-order valence-corrected chi connectivity index (χ0v) is 47.2. The zero-order chi connectivity index (χ0) is 59.7. The molecular weight excluding hydrogens is 1180 g/mol. The predicted molar refractivity (Wildman–Crippen MR) is 271 cm³/mol. The minimum atomic E-state index is -6.27. The number of imidazole rings is 3. The lowest BCUT2D eigenvalue weighted by atomic mass is 9.94. The van der Waals surface area contributed by atoms with Crippen LogP contribution in [0.3, 0.4) is 0 Å². The van der Waals surface area contributed by atoms with E-state index in [0.717, 1.165) is 35.2 Å². The van der Waals surface area contributed by atoms with E-state index in [1.807, 2.05) is 0 Å². The van der Waals surface area contributed by atoms with Gasteiger partial charge in [-0.2, -0.15) is 13.6 Å². The van der Waals surface area contributed by atoms with Crippen molar-refractivity contribution in [1.29, 1.82) is 0 Å². The Labute approximate surface area is 459 Å². The number of methoxy groups -OCH3 is 1. The molecule has 39 nitrogen and oxygen atoms in total. The summed E-state index contributed by atoms with van der Waals surface area (Å²) in [6, 6.07) is -0.177. The van der Waals surface area contributed by atoms with Crippen molar-refractivity contribution in [1.82, 2.24) is 58.5 Å². The number of phosphoric acid groups is 3. The van der Waals surface area contributed by atoms with Gasteiger partial charge in [0.15, 0.2) is 41.4 Å². The molecule has 82 heavy (non-hydrogen) atoms. The SMILES string of the molecule is CO[C@H]1[C@H](n2cnc3c(N)ncnc32)OC(COP(=O)(O)OP(=O)(O)OP(=O)(O)OC[C@H]2OC([n+]3cn(C)c4c(=O)[nH]c(NC(C)C)nc43)[C@H](O)[C@@H]2CC(=O)N(C)C)[C@H]1P(=O)([O-])OC[C@H]1O[C@@H](n2cnc3c(=O)[nH]c(N)nc32)[C@H](O)[C@@H]1O. The maximum atomic E-state index is 14.4. The molecule has 3 saturated heterocycles. The summed E-state index contributed by atoms with van der Waals surface area (Å²) in [6.45, 7) is 0.139. The number of hydrogen-bond acceptors (Lipinski definition) is 29. The Balaban J connectivity index is 0.898. The molecule has 0 spiro atoms. The normalized spacial score (nSPS) is 28.9. The number of H-pyrrole nitrogens is 2. The first-order valence-corrected chi connectivity index (χ1v) is 30.3. The molecule has 3 aliphatic rings. The Hall–Kier alpha value is -5.60. The number of aromatic amines is 2. The highest BCUT2D eigenvalue weighted by atomic mass is 31.3. The number of aryl methyl sites for hydroxylation is 1. The first kappa shape index (κ1) is 61.0. The molecule has 43 heteroatoms. The van der Waals surface area contributed by atoms with E-state index in [1.54, 1.807) is 13.8 Å². The van der Waals surface area contributed by atoms with Gasteiger partial charge in [0.1, 0.15) is 50.0 Å². The highest BCUT2D eigenvalue weighted by Gasteiger charge is 2.55. The zero-order valence-electron chi connectivity index (χ0n) is 43.6. The molecule has 0 radical (unpaired) electrons. The molecule has 0 aliphatic carbocycles. The lowest BCUT2D eigenvalue weighted by Crippen LogP contribution is -2.45. The summed E-state index contributed by atoms with van der Waals surface area (Å²) in [5.74, 6) is -2.15. The van der Waals surface area contributed by atoms with Crippen molar-refractivity contribution in [3.8, 4) is 0 Å². The number of fused-ring (bicyclic) bond motifs is 3. The van der Waals surface area contributed by atoms with Gasteiger partial charge in [0.2, 0.25) is 23.6 Å². The minimum absolute atomic E-state index is 0.0117. The Bertz CT molecular complexity index is 3710. The van der Waals surface area contributed by atoms with Crippen molar-refractivity contribution in [2.45, 2.75) is 93.4 Å². The third-order valence-electron chi connectivity index (χ3n) is 13.2. The van der Waals surface area contributed by atoms with Gasteiger partial charge < -0.3 is 84.6 Å². The Kier molecular flexibility index (Phi) is 17.2. The Morgan fingerprint density at radius 1 is 0.817 bits per heavy atom. The third-order valence-corrected chi connectivity index (χ3v) is 19.3. The minimum Gasteiger partial charge on any atom is -0.778 e.